The van der Waals surface area contributed by atoms with Crippen molar-refractivity contribution in [3.05, 3.63) is 51.1 Å². The zero-order valence-corrected chi connectivity index (χ0v) is 8.86. The summed E-state index contributed by atoms with van der Waals surface area (Å²) >= 11 is 5.62. The van der Waals surface area contributed by atoms with Gasteiger partial charge in [0, 0.05) is 19.7 Å². The van der Waals surface area contributed by atoms with Crippen LogP contribution in [0.4, 0.5) is 0 Å². The van der Waals surface area contributed by atoms with Gasteiger partial charge < -0.3 is 5.32 Å². The molecule has 0 radical (unpaired) electrons. The molecule has 6 heteroatoms. The molecule has 1 aromatic rings. The highest BCUT2D eigenvalue weighted by atomic mass is 35.5. The Morgan fingerprint density at radius 1 is 1.73 bits per heavy atom. The first-order valence-corrected chi connectivity index (χ1v) is 4.62. The monoisotopic (exact) mass is 227 g/mol. The molecule has 0 saturated carbocycles. The van der Waals surface area contributed by atoms with Crippen LogP contribution in [0.5, 0.6) is 0 Å². The lowest BCUT2D eigenvalue weighted by atomic mass is 10.2. The predicted molar refractivity (Wildman–Crippen MR) is 57.1 cm³/mol. The molecule has 0 aromatic carbocycles. The molecule has 0 unspecified atom stereocenters. The van der Waals surface area contributed by atoms with Crippen LogP contribution >= 0.6 is 11.6 Å². The summed E-state index contributed by atoms with van der Waals surface area (Å²) < 4.78 is 0. The van der Waals surface area contributed by atoms with Gasteiger partial charge in [0.25, 0.3) is 6.20 Å². The first-order chi connectivity index (χ1) is 7.11. The van der Waals surface area contributed by atoms with Crippen LogP contribution in [0.15, 0.2) is 30.2 Å². The largest absolute Gasteiger partial charge is 0.386 e. The van der Waals surface area contributed by atoms with Crippen LogP contribution in [-0.2, 0) is 6.42 Å². The Balaban J connectivity index is 2.75. The lowest BCUT2D eigenvalue weighted by molar-refractivity contribution is -0.403. The first-order valence-electron chi connectivity index (χ1n) is 4.24. The van der Waals surface area contributed by atoms with Gasteiger partial charge in [0.1, 0.15) is 5.15 Å². The highest BCUT2D eigenvalue weighted by Crippen LogP contribution is 2.08. The molecule has 0 aliphatic carbocycles. The first kappa shape index (κ1) is 11.5. The third-order valence-electron chi connectivity index (χ3n) is 1.77. The second-order valence-electron chi connectivity index (χ2n) is 2.86. The predicted octanol–water partition coefficient (Wildman–Crippen LogP) is 1.61. The maximum Gasteiger partial charge on any atom is 0.253 e. The van der Waals surface area contributed by atoms with Gasteiger partial charge in [-0.1, -0.05) is 17.7 Å². The van der Waals surface area contributed by atoms with Gasteiger partial charge in [-0.15, -0.1) is 0 Å². The fraction of sp³-hybridized carbons (Fsp3) is 0.222. The highest BCUT2D eigenvalue weighted by Gasteiger charge is 2.02. The van der Waals surface area contributed by atoms with E-state index in [1.807, 2.05) is 0 Å². The average Bonchev–Trinajstić information content (AvgIpc) is 2.19. The molecule has 0 aliphatic rings. The molecule has 0 fully saturated rings. The van der Waals surface area contributed by atoms with Crippen LogP contribution in [0.25, 0.3) is 0 Å². The lowest BCUT2D eigenvalue weighted by Gasteiger charge is -2.03. The third-order valence-corrected chi connectivity index (χ3v) is 1.99. The molecule has 80 valence electrons. The van der Waals surface area contributed by atoms with E-state index in [9.17, 15) is 10.1 Å². The van der Waals surface area contributed by atoms with E-state index < -0.39 is 4.92 Å². The third kappa shape index (κ3) is 3.95. The van der Waals surface area contributed by atoms with Crippen molar-refractivity contribution in [3.63, 3.8) is 0 Å². The molecule has 1 rings (SSSR count). The standard InChI is InChI=1S/C9H10ClN3O2/c1-11-8(6-13(14)15)4-7-2-3-9(10)12-5-7/h2-3,5-6,11H,4H2,1H3/b8-6-. The minimum absolute atomic E-state index is 0.406. The van der Waals surface area contributed by atoms with E-state index in [2.05, 4.69) is 10.3 Å². The van der Waals surface area contributed by atoms with Crippen molar-refractivity contribution in [3.8, 4) is 0 Å². The van der Waals surface area contributed by atoms with Crippen LogP contribution in [0, 0.1) is 10.1 Å². The number of aromatic nitrogens is 1. The molecule has 5 nitrogen and oxygen atoms in total. The number of pyridine rings is 1. The summed E-state index contributed by atoms with van der Waals surface area (Å²) in [7, 11) is 1.64. The van der Waals surface area contributed by atoms with E-state index in [0.717, 1.165) is 11.8 Å². The van der Waals surface area contributed by atoms with Crippen LogP contribution in [0.1, 0.15) is 5.56 Å². The van der Waals surface area contributed by atoms with Crippen molar-refractivity contribution < 1.29 is 4.92 Å². The van der Waals surface area contributed by atoms with Crippen molar-refractivity contribution in [2.75, 3.05) is 7.05 Å². The minimum Gasteiger partial charge on any atom is -0.386 e. The van der Waals surface area contributed by atoms with Crippen molar-refractivity contribution in [1.29, 1.82) is 0 Å². The Bertz CT molecular complexity index is 375. The van der Waals surface area contributed by atoms with Crippen molar-refractivity contribution in [2.45, 2.75) is 6.42 Å². The van der Waals surface area contributed by atoms with Gasteiger partial charge in [-0.3, -0.25) is 10.1 Å². The molecular formula is C9H10ClN3O2. The van der Waals surface area contributed by atoms with Crippen LogP contribution in [-0.4, -0.2) is 17.0 Å². The van der Waals surface area contributed by atoms with Crippen molar-refractivity contribution in [1.82, 2.24) is 10.3 Å². The zero-order valence-electron chi connectivity index (χ0n) is 8.11. The number of rotatable bonds is 4. The van der Waals surface area contributed by atoms with E-state index in [0.29, 0.717) is 17.3 Å². The fourth-order valence-electron chi connectivity index (χ4n) is 1.06. The summed E-state index contributed by atoms with van der Waals surface area (Å²) in [6, 6.07) is 3.43. The minimum atomic E-state index is -0.491. The number of likely N-dealkylation sites (N-methyl/N-ethyl adjacent to an activating group) is 1. The number of allylic oxidation sites excluding steroid dienone is 1. The summed E-state index contributed by atoms with van der Waals surface area (Å²) in [6.45, 7) is 0. The molecule has 1 N–H and O–H groups in total. The maximum atomic E-state index is 10.3. The molecule has 1 aromatic heterocycles. The molecule has 0 saturated heterocycles. The second kappa shape index (κ2) is 5.31. The summed E-state index contributed by atoms with van der Waals surface area (Å²) in [4.78, 5) is 13.7. The van der Waals surface area contributed by atoms with Crippen molar-refractivity contribution in [2.24, 2.45) is 0 Å². The summed E-state index contributed by atoms with van der Waals surface area (Å²) in [5.41, 5.74) is 1.38. The van der Waals surface area contributed by atoms with Gasteiger partial charge in [-0.2, -0.15) is 0 Å². The van der Waals surface area contributed by atoms with Gasteiger partial charge in [-0.25, -0.2) is 4.98 Å². The van der Waals surface area contributed by atoms with Gasteiger partial charge in [0.05, 0.1) is 10.6 Å². The number of nitrogens with zero attached hydrogens (tertiary/aromatic N) is 2. The molecule has 15 heavy (non-hydrogen) atoms. The number of nitro groups is 1. The Kier molecular flexibility index (Phi) is 4.05. The van der Waals surface area contributed by atoms with Crippen LogP contribution < -0.4 is 5.32 Å². The number of hydrogen-bond acceptors (Lipinski definition) is 4. The molecular weight excluding hydrogens is 218 g/mol. The smallest absolute Gasteiger partial charge is 0.253 e. The van der Waals surface area contributed by atoms with Crippen LogP contribution in [0.3, 0.4) is 0 Å². The summed E-state index contributed by atoms with van der Waals surface area (Å²) in [5.74, 6) is 0. The zero-order chi connectivity index (χ0) is 11.3. The molecule has 0 amide bonds. The SMILES string of the molecule is CN/C(=C\[N+](=O)[O-])Cc1ccc(Cl)nc1. The van der Waals surface area contributed by atoms with Crippen molar-refractivity contribution >= 4 is 11.6 Å². The molecule has 1 heterocycles. The highest BCUT2D eigenvalue weighted by molar-refractivity contribution is 6.29. The van der Waals surface area contributed by atoms with Crippen LogP contribution in [0.2, 0.25) is 5.15 Å². The Morgan fingerprint density at radius 2 is 2.47 bits per heavy atom. The van der Waals surface area contributed by atoms with Gasteiger partial charge >= 0.3 is 0 Å². The van der Waals surface area contributed by atoms with Gasteiger partial charge in [0.2, 0.25) is 0 Å². The van der Waals surface area contributed by atoms with Gasteiger partial charge in [-0.05, 0) is 11.6 Å². The fourth-order valence-corrected chi connectivity index (χ4v) is 1.17. The number of hydrogen-bond donors (Lipinski definition) is 1. The summed E-state index contributed by atoms with van der Waals surface area (Å²) in [5, 5.41) is 13.4. The number of halogens is 1. The van der Waals surface area contributed by atoms with Gasteiger partial charge in [0.15, 0.2) is 0 Å². The Labute approximate surface area is 91.9 Å². The molecule has 0 aliphatic heterocycles. The Morgan fingerprint density at radius 3 is 2.93 bits per heavy atom. The lowest BCUT2D eigenvalue weighted by Crippen LogP contribution is -2.10. The second-order valence-corrected chi connectivity index (χ2v) is 3.24. The van der Waals surface area contributed by atoms with E-state index in [4.69, 9.17) is 11.6 Å². The van der Waals surface area contributed by atoms with E-state index in [1.165, 1.54) is 0 Å². The van der Waals surface area contributed by atoms with E-state index in [1.54, 1.807) is 25.4 Å². The average molecular weight is 228 g/mol. The molecule has 0 spiro atoms. The molecule has 0 atom stereocenters. The van der Waals surface area contributed by atoms with E-state index in [-0.39, 0.29) is 0 Å². The quantitative estimate of drug-likeness (QED) is 0.482. The normalized spacial score (nSPS) is 11.2. The maximum absolute atomic E-state index is 10.3. The topological polar surface area (TPSA) is 68.1 Å². The Hall–Kier alpha value is -1.62. The number of nitrogens with one attached hydrogen (secondary N) is 1. The summed E-state index contributed by atoms with van der Waals surface area (Å²) in [6.07, 6.45) is 2.96. The van der Waals surface area contributed by atoms with E-state index >= 15 is 0 Å². The molecule has 0 bridgehead atoms.